The molecule has 2 N–H and O–H groups in total. The summed E-state index contributed by atoms with van der Waals surface area (Å²) in [6, 6.07) is 14.2. The topological polar surface area (TPSA) is 84.8 Å². The molecule has 0 saturated carbocycles. The standard InChI is InChI=1S/C15H10N4O/c16-8-10-1-4-12(5-2-10)20-15-13-7-11(17)3-6-14(13)18-9-19-15/h1-7,9H,17H2. The SMILES string of the molecule is N#Cc1ccc(Oc2ncnc3ccc(N)cc23)cc1. The van der Waals surface area contributed by atoms with Crippen LogP contribution in [0.1, 0.15) is 5.56 Å². The van der Waals surface area contributed by atoms with E-state index in [9.17, 15) is 0 Å². The molecular formula is C15H10N4O. The van der Waals surface area contributed by atoms with E-state index in [1.54, 1.807) is 36.4 Å². The molecule has 5 nitrogen and oxygen atoms in total. The third-order valence-electron chi connectivity index (χ3n) is 2.82. The second-order valence-electron chi connectivity index (χ2n) is 4.19. The molecule has 0 aliphatic carbocycles. The maximum Gasteiger partial charge on any atom is 0.230 e. The van der Waals surface area contributed by atoms with Crippen LogP contribution in [0.25, 0.3) is 10.9 Å². The van der Waals surface area contributed by atoms with Gasteiger partial charge >= 0.3 is 0 Å². The van der Waals surface area contributed by atoms with Crippen LogP contribution in [0.3, 0.4) is 0 Å². The Hall–Kier alpha value is -3.13. The van der Waals surface area contributed by atoms with Crippen LogP contribution in [-0.2, 0) is 0 Å². The van der Waals surface area contributed by atoms with Crippen molar-refractivity contribution in [1.82, 2.24) is 9.97 Å². The zero-order valence-corrected chi connectivity index (χ0v) is 10.4. The fraction of sp³-hybridized carbons (Fsp3) is 0. The molecule has 0 atom stereocenters. The van der Waals surface area contributed by atoms with Crippen molar-refractivity contribution in [2.75, 3.05) is 5.73 Å². The van der Waals surface area contributed by atoms with E-state index in [1.165, 1.54) is 6.33 Å². The van der Waals surface area contributed by atoms with E-state index in [4.69, 9.17) is 15.7 Å². The highest BCUT2D eigenvalue weighted by Crippen LogP contribution is 2.27. The van der Waals surface area contributed by atoms with Crippen LogP contribution >= 0.6 is 0 Å². The Kier molecular flexibility index (Phi) is 2.90. The molecule has 3 aromatic rings. The van der Waals surface area contributed by atoms with Crippen molar-refractivity contribution in [1.29, 1.82) is 5.26 Å². The third kappa shape index (κ3) is 2.22. The molecule has 0 radical (unpaired) electrons. The second-order valence-corrected chi connectivity index (χ2v) is 4.19. The minimum absolute atomic E-state index is 0.437. The molecule has 0 aliphatic rings. The first kappa shape index (κ1) is 11.9. The van der Waals surface area contributed by atoms with Crippen LogP contribution in [0.5, 0.6) is 11.6 Å². The highest BCUT2D eigenvalue weighted by atomic mass is 16.5. The first-order valence-electron chi connectivity index (χ1n) is 5.94. The molecule has 0 unspecified atom stereocenters. The van der Waals surface area contributed by atoms with Gasteiger partial charge in [0.15, 0.2) is 0 Å². The van der Waals surface area contributed by atoms with Gasteiger partial charge in [0.1, 0.15) is 12.1 Å². The Morgan fingerprint density at radius 1 is 1.05 bits per heavy atom. The number of nitrogens with two attached hydrogens (primary N) is 1. The summed E-state index contributed by atoms with van der Waals surface area (Å²) in [6.45, 7) is 0. The van der Waals surface area contributed by atoms with Gasteiger partial charge in [-0.05, 0) is 42.5 Å². The minimum atomic E-state index is 0.437. The highest BCUT2D eigenvalue weighted by molar-refractivity contribution is 5.86. The van der Waals surface area contributed by atoms with Gasteiger partial charge in [-0.3, -0.25) is 0 Å². The van der Waals surface area contributed by atoms with Crippen molar-refractivity contribution >= 4 is 16.6 Å². The lowest BCUT2D eigenvalue weighted by atomic mass is 10.2. The van der Waals surface area contributed by atoms with Gasteiger partial charge in [-0.15, -0.1) is 0 Å². The van der Waals surface area contributed by atoms with Crippen molar-refractivity contribution in [3.63, 3.8) is 0 Å². The Labute approximate surface area is 115 Å². The average Bonchev–Trinajstić information content (AvgIpc) is 2.49. The van der Waals surface area contributed by atoms with E-state index < -0.39 is 0 Å². The smallest absolute Gasteiger partial charge is 0.230 e. The molecule has 96 valence electrons. The molecule has 3 rings (SSSR count). The number of nitriles is 1. The second kappa shape index (κ2) is 4.86. The number of hydrogen-bond donors (Lipinski definition) is 1. The maximum absolute atomic E-state index is 8.76. The number of benzene rings is 2. The monoisotopic (exact) mass is 262 g/mol. The maximum atomic E-state index is 8.76. The van der Waals surface area contributed by atoms with Crippen molar-refractivity contribution in [2.24, 2.45) is 0 Å². The number of hydrogen-bond acceptors (Lipinski definition) is 5. The molecule has 1 heterocycles. The van der Waals surface area contributed by atoms with E-state index >= 15 is 0 Å². The van der Waals surface area contributed by atoms with Crippen molar-refractivity contribution in [3.05, 3.63) is 54.4 Å². The van der Waals surface area contributed by atoms with Crippen molar-refractivity contribution in [3.8, 4) is 17.7 Å². The predicted octanol–water partition coefficient (Wildman–Crippen LogP) is 2.88. The summed E-state index contributed by atoms with van der Waals surface area (Å²) in [6.07, 6.45) is 1.44. The predicted molar refractivity (Wildman–Crippen MR) is 75.2 cm³/mol. The summed E-state index contributed by atoms with van der Waals surface area (Å²) >= 11 is 0. The first-order chi connectivity index (χ1) is 9.76. The molecule has 2 aromatic carbocycles. The fourth-order valence-electron chi connectivity index (χ4n) is 1.84. The molecule has 5 heteroatoms. The van der Waals surface area contributed by atoms with Crippen molar-refractivity contribution < 1.29 is 4.74 Å². The zero-order chi connectivity index (χ0) is 13.9. The molecule has 0 spiro atoms. The molecule has 0 saturated heterocycles. The van der Waals surface area contributed by atoms with E-state index in [1.807, 2.05) is 6.07 Å². The van der Waals surface area contributed by atoms with Gasteiger partial charge < -0.3 is 10.5 Å². The Balaban J connectivity index is 2.01. The number of rotatable bonds is 2. The third-order valence-corrected chi connectivity index (χ3v) is 2.82. The molecule has 1 aromatic heterocycles. The largest absolute Gasteiger partial charge is 0.438 e. The van der Waals surface area contributed by atoms with Crippen molar-refractivity contribution in [2.45, 2.75) is 0 Å². The lowest BCUT2D eigenvalue weighted by Crippen LogP contribution is -1.93. The number of aromatic nitrogens is 2. The van der Waals surface area contributed by atoms with Gasteiger partial charge in [0.2, 0.25) is 5.88 Å². The van der Waals surface area contributed by atoms with E-state index in [0.717, 1.165) is 10.9 Å². The lowest BCUT2D eigenvalue weighted by Gasteiger charge is -2.07. The average molecular weight is 262 g/mol. The van der Waals surface area contributed by atoms with E-state index in [2.05, 4.69) is 16.0 Å². The van der Waals surface area contributed by atoms with Gasteiger partial charge in [0.25, 0.3) is 0 Å². The summed E-state index contributed by atoms with van der Waals surface area (Å²) in [4.78, 5) is 8.29. The summed E-state index contributed by atoms with van der Waals surface area (Å²) < 4.78 is 5.73. The molecular weight excluding hydrogens is 252 g/mol. The lowest BCUT2D eigenvalue weighted by molar-refractivity contribution is 0.468. The number of nitrogen functional groups attached to an aromatic ring is 1. The number of ether oxygens (including phenoxy) is 1. The van der Waals surface area contributed by atoms with Crippen LogP contribution in [-0.4, -0.2) is 9.97 Å². The Bertz CT molecular complexity index is 806. The Morgan fingerprint density at radius 3 is 2.60 bits per heavy atom. The molecule has 0 bridgehead atoms. The summed E-state index contributed by atoms with van der Waals surface area (Å²) in [7, 11) is 0. The van der Waals surface area contributed by atoms with Gasteiger partial charge in [0.05, 0.1) is 22.5 Å². The van der Waals surface area contributed by atoms with Crippen LogP contribution in [0.15, 0.2) is 48.8 Å². The number of nitrogens with zero attached hydrogens (tertiary/aromatic N) is 3. The highest BCUT2D eigenvalue weighted by Gasteiger charge is 2.06. The van der Waals surface area contributed by atoms with Crippen LogP contribution in [0.2, 0.25) is 0 Å². The Morgan fingerprint density at radius 2 is 1.85 bits per heavy atom. The molecule has 0 aliphatic heterocycles. The molecule has 0 fully saturated rings. The number of anilines is 1. The van der Waals surface area contributed by atoms with Gasteiger partial charge in [-0.25, -0.2) is 9.97 Å². The van der Waals surface area contributed by atoms with Crippen LogP contribution < -0.4 is 10.5 Å². The zero-order valence-electron chi connectivity index (χ0n) is 10.4. The normalized spacial score (nSPS) is 10.2. The van der Waals surface area contributed by atoms with Gasteiger partial charge in [-0.1, -0.05) is 0 Å². The quantitative estimate of drug-likeness (QED) is 0.718. The van der Waals surface area contributed by atoms with Gasteiger partial charge in [-0.2, -0.15) is 5.26 Å². The van der Waals surface area contributed by atoms with Gasteiger partial charge in [0, 0.05) is 5.69 Å². The van der Waals surface area contributed by atoms with Crippen LogP contribution in [0.4, 0.5) is 5.69 Å². The van der Waals surface area contributed by atoms with E-state index in [0.29, 0.717) is 22.9 Å². The van der Waals surface area contributed by atoms with Crippen LogP contribution in [0, 0.1) is 11.3 Å². The molecule has 20 heavy (non-hydrogen) atoms. The summed E-state index contributed by atoms with van der Waals surface area (Å²) in [5.41, 5.74) is 7.74. The fourth-order valence-corrected chi connectivity index (χ4v) is 1.84. The number of fused-ring (bicyclic) bond motifs is 1. The van der Waals surface area contributed by atoms with E-state index in [-0.39, 0.29) is 0 Å². The summed E-state index contributed by atoms with van der Waals surface area (Å²) in [5, 5.41) is 9.51. The molecule has 0 amide bonds. The summed E-state index contributed by atoms with van der Waals surface area (Å²) in [5.74, 6) is 1.04. The minimum Gasteiger partial charge on any atom is -0.438 e. The first-order valence-corrected chi connectivity index (χ1v) is 5.94.